The second-order valence-corrected chi connectivity index (χ2v) is 6.79. The third kappa shape index (κ3) is 3.51. The van der Waals surface area contributed by atoms with Crippen LogP contribution in [-0.2, 0) is 13.0 Å². The van der Waals surface area contributed by atoms with Crippen molar-refractivity contribution in [2.24, 2.45) is 0 Å². The number of anilines is 2. The molecule has 2 aromatic heterocycles. The van der Waals surface area contributed by atoms with Crippen LogP contribution < -0.4 is 10.2 Å². The van der Waals surface area contributed by atoms with Gasteiger partial charge in [-0.15, -0.1) is 0 Å². The number of nitrogens with one attached hydrogen (secondary N) is 1. The number of rotatable bonds is 4. The Labute approximate surface area is 158 Å². The number of carbonyl (C=O) groups excluding carboxylic acids is 1. The van der Waals surface area contributed by atoms with E-state index in [1.165, 1.54) is 5.56 Å². The van der Waals surface area contributed by atoms with Crippen molar-refractivity contribution in [2.45, 2.75) is 32.9 Å². The third-order valence-corrected chi connectivity index (χ3v) is 4.67. The lowest BCUT2D eigenvalue weighted by molar-refractivity contribution is 0.0945. The predicted molar refractivity (Wildman–Crippen MR) is 104 cm³/mol. The fourth-order valence-electron chi connectivity index (χ4n) is 3.42. The van der Waals surface area contributed by atoms with Crippen molar-refractivity contribution >= 4 is 17.5 Å². The summed E-state index contributed by atoms with van der Waals surface area (Å²) in [6.45, 7) is 4.44. The Balaban J connectivity index is 1.59. The molecule has 0 saturated heterocycles. The number of para-hydroxylation sites is 1. The van der Waals surface area contributed by atoms with Gasteiger partial charge in [0.05, 0.1) is 0 Å². The summed E-state index contributed by atoms with van der Waals surface area (Å²) >= 11 is 0. The molecule has 0 saturated carbocycles. The van der Waals surface area contributed by atoms with E-state index in [0.717, 1.165) is 23.4 Å². The van der Waals surface area contributed by atoms with Gasteiger partial charge in [-0.2, -0.15) is 0 Å². The summed E-state index contributed by atoms with van der Waals surface area (Å²) < 4.78 is 0. The van der Waals surface area contributed by atoms with Gasteiger partial charge in [0.2, 0.25) is 5.95 Å². The van der Waals surface area contributed by atoms with Crippen LogP contribution in [0, 0.1) is 6.92 Å². The zero-order chi connectivity index (χ0) is 18.8. The smallest absolute Gasteiger partial charge is 0.270 e. The first-order valence-electron chi connectivity index (χ1n) is 9.02. The minimum absolute atomic E-state index is 0.217. The first-order chi connectivity index (χ1) is 13.1. The van der Waals surface area contributed by atoms with Crippen LogP contribution in [-0.4, -0.2) is 26.9 Å². The van der Waals surface area contributed by atoms with Gasteiger partial charge in [-0.05, 0) is 49.6 Å². The number of pyridine rings is 1. The molecule has 4 rings (SSSR count). The van der Waals surface area contributed by atoms with E-state index in [2.05, 4.69) is 44.2 Å². The topological polar surface area (TPSA) is 71.0 Å². The number of fused-ring (bicyclic) bond motifs is 1. The number of hydrogen-bond acceptors (Lipinski definition) is 5. The van der Waals surface area contributed by atoms with Crippen LogP contribution in [0.2, 0.25) is 0 Å². The molecule has 0 radical (unpaired) electrons. The predicted octanol–water partition coefficient (Wildman–Crippen LogP) is 3.19. The van der Waals surface area contributed by atoms with Crippen molar-refractivity contribution in [1.82, 2.24) is 20.3 Å². The zero-order valence-corrected chi connectivity index (χ0v) is 15.4. The summed E-state index contributed by atoms with van der Waals surface area (Å²) in [7, 11) is 0. The van der Waals surface area contributed by atoms with E-state index in [9.17, 15) is 4.79 Å². The first kappa shape index (κ1) is 17.1. The molecule has 1 unspecified atom stereocenters. The highest BCUT2D eigenvalue weighted by Gasteiger charge is 2.29. The maximum absolute atomic E-state index is 12.6. The Morgan fingerprint density at radius 2 is 2.07 bits per heavy atom. The average molecular weight is 359 g/mol. The van der Waals surface area contributed by atoms with Crippen molar-refractivity contribution in [2.75, 3.05) is 4.90 Å². The third-order valence-electron chi connectivity index (χ3n) is 4.67. The van der Waals surface area contributed by atoms with Gasteiger partial charge in [-0.3, -0.25) is 9.78 Å². The molecule has 6 nitrogen and oxygen atoms in total. The van der Waals surface area contributed by atoms with Gasteiger partial charge >= 0.3 is 0 Å². The number of nitrogens with zero attached hydrogens (tertiary/aromatic N) is 4. The number of aromatic nitrogens is 3. The summed E-state index contributed by atoms with van der Waals surface area (Å²) in [6, 6.07) is 14.0. The van der Waals surface area contributed by atoms with Crippen LogP contribution in [0.15, 0.2) is 54.9 Å². The summed E-state index contributed by atoms with van der Waals surface area (Å²) in [5.41, 5.74) is 4.47. The number of aryl methyl sites for hydroxylation is 1. The van der Waals surface area contributed by atoms with Crippen LogP contribution in [0.3, 0.4) is 0 Å². The minimum Gasteiger partial charge on any atom is -0.347 e. The van der Waals surface area contributed by atoms with E-state index in [-0.39, 0.29) is 11.9 Å². The Morgan fingerprint density at radius 1 is 1.22 bits per heavy atom. The summed E-state index contributed by atoms with van der Waals surface area (Å²) in [4.78, 5) is 28.0. The maximum atomic E-state index is 12.6. The fraction of sp³-hybridized carbons (Fsp3) is 0.238. The van der Waals surface area contributed by atoms with Crippen LogP contribution in [0.4, 0.5) is 11.6 Å². The Morgan fingerprint density at radius 3 is 2.89 bits per heavy atom. The van der Waals surface area contributed by atoms with Gasteiger partial charge in [0.25, 0.3) is 5.91 Å². The van der Waals surface area contributed by atoms with E-state index >= 15 is 0 Å². The highest BCUT2D eigenvalue weighted by molar-refractivity contribution is 5.92. The van der Waals surface area contributed by atoms with E-state index in [1.54, 1.807) is 18.5 Å². The second kappa shape index (κ2) is 7.15. The number of carbonyl (C=O) groups is 1. The SMILES string of the molecule is Cc1cc(C(=O)NCc2cccnc2)nc(N2c3ccccc3CC2C)n1. The van der Waals surface area contributed by atoms with Gasteiger partial charge in [0.1, 0.15) is 5.69 Å². The van der Waals surface area contributed by atoms with E-state index < -0.39 is 0 Å². The average Bonchev–Trinajstić information content (AvgIpc) is 3.02. The molecular weight excluding hydrogens is 338 g/mol. The Bertz CT molecular complexity index is 973. The molecule has 1 atom stereocenters. The summed E-state index contributed by atoms with van der Waals surface area (Å²) in [5, 5.41) is 2.90. The van der Waals surface area contributed by atoms with Crippen molar-refractivity contribution in [3.63, 3.8) is 0 Å². The first-order valence-corrected chi connectivity index (χ1v) is 9.02. The summed E-state index contributed by atoms with van der Waals surface area (Å²) in [5.74, 6) is 0.352. The van der Waals surface area contributed by atoms with Crippen molar-refractivity contribution in [3.8, 4) is 0 Å². The lowest BCUT2D eigenvalue weighted by atomic mass is 10.1. The van der Waals surface area contributed by atoms with E-state index in [1.807, 2.05) is 31.2 Å². The van der Waals surface area contributed by atoms with Crippen LogP contribution in [0.25, 0.3) is 0 Å². The van der Waals surface area contributed by atoms with Gasteiger partial charge in [0, 0.05) is 36.4 Å². The molecule has 1 aromatic carbocycles. The van der Waals surface area contributed by atoms with Gasteiger partial charge in [0.15, 0.2) is 0 Å². The Hall–Kier alpha value is -3.28. The Kier molecular flexibility index (Phi) is 4.54. The van der Waals surface area contributed by atoms with Gasteiger partial charge in [-0.25, -0.2) is 9.97 Å². The van der Waals surface area contributed by atoms with E-state index in [0.29, 0.717) is 18.2 Å². The molecule has 0 aliphatic carbocycles. The molecule has 27 heavy (non-hydrogen) atoms. The van der Waals surface area contributed by atoms with Crippen molar-refractivity contribution in [3.05, 3.63) is 77.4 Å². The molecular formula is C21H21N5O. The van der Waals surface area contributed by atoms with E-state index in [4.69, 9.17) is 0 Å². The fourth-order valence-corrected chi connectivity index (χ4v) is 3.42. The van der Waals surface area contributed by atoms with Crippen molar-refractivity contribution < 1.29 is 4.79 Å². The zero-order valence-electron chi connectivity index (χ0n) is 15.4. The second-order valence-electron chi connectivity index (χ2n) is 6.79. The minimum atomic E-state index is -0.217. The van der Waals surface area contributed by atoms with Crippen molar-refractivity contribution in [1.29, 1.82) is 0 Å². The van der Waals surface area contributed by atoms with Gasteiger partial charge in [-0.1, -0.05) is 24.3 Å². The quantitative estimate of drug-likeness (QED) is 0.775. The standard InChI is InChI=1S/C21H21N5O/c1-14-10-18(20(27)23-13-16-6-5-9-22-12-16)25-21(24-14)26-15(2)11-17-7-3-4-8-19(17)26/h3-10,12,15H,11,13H2,1-2H3,(H,23,27). The molecule has 0 fully saturated rings. The van der Waals surface area contributed by atoms with Crippen LogP contribution >= 0.6 is 0 Å². The molecule has 1 aliphatic heterocycles. The van der Waals surface area contributed by atoms with Crippen LogP contribution in [0.5, 0.6) is 0 Å². The van der Waals surface area contributed by atoms with Crippen LogP contribution in [0.1, 0.15) is 34.2 Å². The number of amides is 1. The number of benzene rings is 1. The lowest BCUT2D eigenvalue weighted by Gasteiger charge is -2.23. The highest BCUT2D eigenvalue weighted by atomic mass is 16.1. The maximum Gasteiger partial charge on any atom is 0.270 e. The van der Waals surface area contributed by atoms with Gasteiger partial charge < -0.3 is 10.2 Å². The highest BCUT2D eigenvalue weighted by Crippen LogP contribution is 2.36. The lowest BCUT2D eigenvalue weighted by Crippen LogP contribution is -2.29. The molecule has 3 heterocycles. The molecule has 1 N–H and O–H groups in total. The molecule has 0 bridgehead atoms. The molecule has 3 aromatic rings. The summed E-state index contributed by atoms with van der Waals surface area (Å²) in [6.07, 6.45) is 4.39. The molecule has 6 heteroatoms. The number of hydrogen-bond donors (Lipinski definition) is 1. The molecule has 1 aliphatic rings. The largest absolute Gasteiger partial charge is 0.347 e. The normalized spacial score (nSPS) is 15.5. The molecule has 136 valence electrons. The molecule has 1 amide bonds. The molecule has 0 spiro atoms. The monoisotopic (exact) mass is 359 g/mol.